The minimum atomic E-state index is -0.866. The van der Waals surface area contributed by atoms with Gasteiger partial charge in [0.1, 0.15) is 18.4 Å². The van der Waals surface area contributed by atoms with Crippen molar-refractivity contribution in [2.45, 2.75) is 12.6 Å². The molecule has 2 aromatic carbocycles. The van der Waals surface area contributed by atoms with Crippen LogP contribution in [0.3, 0.4) is 0 Å². The normalized spacial score (nSPS) is 16.8. The molecule has 0 saturated carbocycles. The van der Waals surface area contributed by atoms with Crippen molar-refractivity contribution in [3.63, 3.8) is 0 Å². The molecule has 0 radical (unpaired) electrons. The molecule has 0 fully saturated rings. The summed E-state index contributed by atoms with van der Waals surface area (Å²) in [6, 6.07) is 18.7. The molecule has 0 bridgehead atoms. The van der Waals surface area contributed by atoms with Crippen molar-refractivity contribution in [1.29, 1.82) is 0 Å². The summed E-state index contributed by atoms with van der Waals surface area (Å²) in [7, 11) is 0. The van der Waals surface area contributed by atoms with Gasteiger partial charge in [0, 0.05) is 31.0 Å². The van der Waals surface area contributed by atoms with Gasteiger partial charge in [-0.05, 0) is 34.9 Å². The van der Waals surface area contributed by atoms with E-state index < -0.39 is 12.0 Å². The Bertz CT molecular complexity index is 943. The zero-order valence-corrected chi connectivity index (χ0v) is 14.8. The van der Waals surface area contributed by atoms with E-state index in [1.807, 2.05) is 59.5 Å². The van der Waals surface area contributed by atoms with E-state index in [1.165, 1.54) is 0 Å². The molecule has 0 amide bonds. The Morgan fingerprint density at radius 2 is 1.81 bits per heavy atom. The number of fused-ring (bicyclic) bond motifs is 1. The van der Waals surface area contributed by atoms with Gasteiger partial charge in [-0.1, -0.05) is 42.5 Å². The van der Waals surface area contributed by atoms with Gasteiger partial charge in [-0.25, -0.2) is 0 Å². The summed E-state index contributed by atoms with van der Waals surface area (Å²) in [5.74, 6) is -0.218. The van der Waals surface area contributed by atoms with Gasteiger partial charge in [0.25, 0.3) is 0 Å². The lowest BCUT2D eigenvalue weighted by atomic mass is 9.98. The fraction of sp³-hybridized carbons (Fsp3) is 0.182. The van der Waals surface area contributed by atoms with Crippen molar-refractivity contribution in [3.05, 3.63) is 84.2 Å². The third kappa shape index (κ3) is 3.55. The standard InChI is InChI=1S/C22H20N2O3/c25-22(26)21-19-7-3-4-8-20(19)27-14-13-24(21)15-17-5-1-2-6-18(17)16-9-11-23-12-10-16/h1-12,21H,13-15H2,(H,25,26). The van der Waals surface area contributed by atoms with Crippen molar-refractivity contribution >= 4 is 5.97 Å². The number of carboxylic acids is 1. The minimum Gasteiger partial charge on any atom is -0.492 e. The van der Waals surface area contributed by atoms with Gasteiger partial charge in [0.2, 0.25) is 0 Å². The Morgan fingerprint density at radius 1 is 1.07 bits per heavy atom. The topological polar surface area (TPSA) is 62.7 Å². The first-order valence-electron chi connectivity index (χ1n) is 8.91. The van der Waals surface area contributed by atoms with Gasteiger partial charge in [0.05, 0.1) is 0 Å². The van der Waals surface area contributed by atoms with E-state index in [0.717, 1.165) is 16.7 Å². The van der Waals surface area contributed by atoms with Gasteiger partial charge >= 0.3 is 5.97 Å². The van der Waals surface area contributed by atoms with Crippen LogP contribution in [-0.2, 0) is 11.3 Å². The number of benzene rings is 2. The maximum atomic E-state index is 12.1. The molecule has 0 spiro atoms. The predicted molar refractivity (Wildman–Crippen MR) is 102 cm³/mol. The number of nitrogens with zero attached hydrogens (tertiary/aromatic N) is 2. The Kier molecular flexibility index (Phi) is 4.85. The number of hydrogen-bond acceptors (Lipinski definition) is 4. The lowest BCUT2D eigenvalue weighted by Crippen LogP contribution is -2.34. The number of para-hydroxylation sites is 1. The van der Waals surface area contributed by atoms with E-state index in [9.17, 15) is 9.90 Å². The van der Waals surface area contributed by atoms with Crippen molar-refractivity contribution in [1.82, 2.24) is 9.88 Å². The minimum absolute atomic E-state index is 0.457. The van der Waals surface area contributed by atoms with Crippen LogP contribution in [0.1, 0.15) is 17.2 Å². The zero-order valence-electron chi connectivity index (χ0n) is 14.8. The molecular formula is C22H20N2O3. The van der Waals surface area contributed by atoms with Gasteiger partial charge in [-0.3, -0.25) is 14.7 Å². The average molecular weight is 360 g/mol. The average Bonchev–Trinajstić information content (AvgIpc) is 2.88. The molecule has 1 aromatic heterocycles. The number of aromatic nitrogens is 1. The predicted octanol–water partition coefficient (Wildman–Crippen LogP) is 3.77. The second-order valence-corrected chi connectivity index (χ2v) is 6.49. The van der Waals surface area contributed by atoms with Gasteiger partial charge < -0.3 is 9.84 Å². The highest BCUT2D eigenvalue weighted by molar-refractivity contribution is 5.77. The summed E-state index contributed by atoms with van der Waals surface area (Å²) in [5, 5.41) is 9.94. The van der Waals surface area contributed by atoms with Crippen LogP contribution in [0.25, 0.3) is 11.1 Å². The largest absolute Gasteiger partial charge is 0.492 e. The monoisotopic (exact) mass is 360 g/mol. The molecule has 1 unspecified atom stereocenters. The van der Waals surface area contributed by atoms with Crippen LogP contribution in [0.2, 0.25) is 0 Å². The number of carboxylic acid groups (broad SMARTS) is 1. The van der Waals surface area contributed by atoms with Crippen LogP contribution < -0.4 is 4.74 Å². The number of hydrogen-bond donors (Lipinski definition) is 1. The third-order valence-electron chi connectivity index (χ3n) is 4.83. The number of aliphatic carboxylic acids is 1. The maximum absolute atomic E-state index is 12.1. The third-order valence-corrected chi connectivity index (χ3v) is 4.83. The molecule has 2 heterocycles. The first-order chi connectivity index (χ1) is 13.2. The summed E-state index contributed by atoms with van der Waals surface area (Å²) in [6.07, 6.45) is 3.53. The van der Waals surface area contributed by atoms with Crippen molar-refractivity contribution < 1.29 is 14.6 Å². The Morgan fingerprint density at radius 3 is 2.63 bits per heavy atom. The Balaban J connectivity index is 1.71. The summed E-state index contributed by atoms with van der Waals surface area (Å²) >= 11 is 0. The van der Waals surface area contributed by atoms with Crippen LogP contribution in [-0.4, -0.2) is 34.1 Å². The molecule has 4 rings (SSSR count). The number of ether oxygens (including phenoxy) is 1. The fourth-order valence-electron chi connectivity index (χ4n) is 3.59. The van der Waals surface area contributed by atoms with Crippen LogP contribution in [0, 0.1) is 0 Å². The quantitative estimate of drug-likeness (QED) is 0.767. The second kappa shape index (κ2) is 7.60. The van der Waals surface area contributed by atoms with Crippen molar-refractivity contribution in [3.8, 4) is 16.9 Å². The molecular weight excluding hydrogens is 340 g/mol. The molecule has 1 aliphatic heterocycles. The second-order valence-electron chi connectivity index (χ2n) is 6.49. The summed E-state index contributed by atoms with van der Waals surface area (Å²) in [4.78, 5) is 18.2. The maximum Gasteiger partial charge on any atom is 0.325 e. The highest BCUT2D eigenvalue weighted by atomic mass is 16.5. The lowest BCUT2D eigenvalue weighted by Gasteiger charge is -2.27. The summed E-state index contributed by atoms with van der Waals surface area (Å²) in [5.41, 5.74) is 3.93. The highest BCUT2D eigenvalue weighted by Gasteiger charge is 2.32. The lowest BCUT2D eigenvalue weighted by molar-refractivity contribution is -0.143. The summed E-state index contributed by atoms with van der Waals surface area (Å²) < 4.78 is 5.80. The molecule has 1 N–H and O–H groups in total. The molecule has 1 atom stereocenters. The van der Waals surface area contributed by atoms with E-state index in [2.05, 4.69) is 11.1 Å². The van der Waals surface area contributed by atoms with E-state index in [4.69, 9.17) is 4.74 Å². The molecule has 0 aliphatic carbocycles. The Hall–Kier alpha value is -3.18. The van der Waals surface area contributed by atoms with Gasteiger partial charge in [-0.2, -0.15) is 0 Å². The molecule has 0 saturated heterocycles. The van der Waals surface area contributed by atoms with Crippen LogP contribution in [0.4, 0.5) is 0 Å². The van der Waals surface area contributed by atoms with E-state index in [0.29, 0.717) is 31.0 Å². The number of rotatable bonds is 4. The molecule has 1 aliphatic rings. The molecule has 3 aromatic rings. The molecule has 5 heteroatoms. The van der Waals surface area contributed by atoms with E-state index in [1.54, 1.807) is 12.4 Å². The van der Waals surface area contributed by atoms with Crippen molar-refractivity contribution in [2.75, 3.05) is 13.2 Å². The molecule has 27 heavy (non-hydrogen) atoms. The smallest absolute Gasteiger partial charge is 0.325 e. The van der Waals surface area contributed by atoms with Crippen LogP contribution in [0.5, 0.6) is 5.75 Å². The first-order valence-corrected chi connectivity index (χ1v) is 8.91. The Labute approximate surface area is 157 Å². The van der Waals surface area contributed by atoms with Gasteiger partial charge in [0.15, 0.2) is 0 Å². The van der Waals surface area contributed by atoms with Crippen molar-refractivity contribution in [2.24, 2.45) is 0 Å². The van der Waals surface area contributed by atoms with Crippen LogP contribution in [0.15, 0.2) is 73.1 Å². The molecule has 136 valence electrons. The SMILES string of the molecule is O=C(O)C1c2ccccc2OCCN1Cc1ccccc1-c1ccncc1. The number of pyridine rings is 1. The van der Waals surface area contributed by atoms with E-state index in [-0.39, 0.29) is 0 Å². The van der Waals surface area contributed by atoms with Gasteiger partial charge in [-0.15, -0.1) is 0 Å². The zero-order chi connectivity index (χ0) is 18.6. The summed E-state index contributed by atoms with van der Waals surface area (Å²) in [6.45, 7) is 1.52. The first kappa shape index (κ1) is 17.2. The fourth-order valence-corrected chi connectivity index (χ4v) is 3.59. The molecule has 5 nitrogen and oxygen atoms in total. The number of carbonyl (C=O) groups is 1. The highest BCUT2D eigenvalue weighted by Crippen LogP contribution is 2.34. The van der Waals surface area contributed by atoms with E-state index >= 15 is 0 Å². The van der Waals surface area contributed by atoms with Crippen LogP contribution >= 0.6 is 0 Å².